The monoisotopic (exact) mass is 323 g/mol. The van der Waals surface area contributed by atoms with E-state index in [0.717, 1.165) is 16.8 Å². The zero-order chi connectivity index (χ0) is 15.9. The van der Waals surface area contributed by atoms with Gasteiger partial charge in [-0.05, 0) is 24.3 Å². The van der Waals surface area contributed by atoms with Crippen molar-refractivity contribution < 1.29 is 18.0 Å². The molecule has 4 nitrogen and oxygen atoms in total. The summed E-state index contributed by atoms with van der Waals surface area (Å²) >= 11 is 1.41. The highest BCUT2D eigenvalue weighted by Gasteiger charge is 2.33. The fourth-order valence-corrected chi connectivity index (χ4v) is 2.70. The van der Waals surface area contributed by atoms with Crippen LogP contribution in [0.15, 0.2) is 35.8 Å². The summed E-state index contributed by atoms with van der Waals surface area (Å²) in [7, 11) is 0. The average molecular weight is 323 g/mol. The summed E-state index contributed by atoms with van der Waals surface area (Å²) in [4.78, 5) is 19.1. The Morgan fingerprint density at radius 3 is 2.64 bits per heavy atom. The maximum absolute atomic E-state index is 12.8. The van der Waals surface area contributed by atoms with E-state index in [4.69, 9.17) is 5.73 Å². The first-order chi connectivity index (χ1) is 10.4. The van der Waals surface area contributed by atoms with Crippen molar-refractivity contribution in [2.75, 3.05) is 0 Å². The van der Waals surface area contributed by atoms with Gasteiger partial charge in [-0.25, -0.2) is 9.97 Å². The maximum Gasteiger partial charge on any atom is 0.433 e. The zero-order valence-electron chi connectivity index (χ0n) is 10.9. The van der Waals surface area contributed by atoms with E-state index in [1.807, 2.05) is 0 Å². The molecule has 112 valence electrons. The van der Waals surface area contributed by atoms with Crippen molar-refractivity contribution in [2.45, 2.75) is 6.18 Å². The van der Waals surface area contributed by atoms with Crippen molar-refractivity contribution in [1.82, 2.24) is 9.97 Å². The normalized spacial score (nSPS) is 11.8. The number of thiazole rings is 1. The van der Waals surface area contributed by atoms with Crippen LogP contribution in [0.2, 0.25) is 0 Å². The lowest BCUT2D eigenvalue weighted by Gasteiger charge is -2.11. The number of aromatic nitrogens is 2. The number of nitrogens with zero attached hydrogens (tertiary/aromatic N) is 2. The molecule has 2 aromatic heterocycles. The second-order valence-electron chi connectivity index (χ2n) is 4.49. The molecule has 3 rings (SSSR count). The van der Waals surface area contributed by atoms with Gasteiger partial charge in [-0.15, -0.1) is 11.3 Å². The molecular weight excluding hydrogens is 315 g/mol. The highest BCUT2D eigenvalue weighted by Crippen LogP contribution is 2.32. The SMILES string of the molecule is NC(=O)c1ccc(C(F)(F)F)nc1-c1ccc2scnc2c1. The summed E-state index contributed by atoms with van der Waals surface area (Å²) in [5.74, 6) is -0.838. The van der Waals surface area contributed by atoms with Crippen molar-refractivity contribution in [3.05, 3.63) is 47.1 Å². The van der Waals surface area contributed by atoms with Gasteiger partial charge >= 0.3 is 6.18 Å². The lowest BCUT2D eigenvalue weighted by molar-refractivity contribution is -0.141. The van der Waals surface area contributed by atoms with E-state index in [0.29, 0.717) is 11.1 Å². The van der Waals surface area contributed by atoms with Crippen LogP contribution in [0.5, 0.6) is 0 Å². The number of rotatable bonds is 2. The predicted octanol–water partition coefficient (Wildman–Crippen LogP) is 3.48. The number of amides is 1. The van der Waals surface area contributed by atoms with Crippen molar-refractivity contribution in [3.8, 4) is 11.3 Å². The minimum absolute atomic E-state index is 0.0671. The summed E-state index contributed by atoms with van der Waals surface area (Å²) in [6.07, 6.45) is -4.60. The van der Waals surface area contributed by atoms with E-state index >= 15 is 0 Å². The third kappa shape index (κ3) is 2.52. The van der Waals surface area contributed by atoms with Gasteiger partial charge in [0.25, 0.3) is 5.91 Å². The van der Waals surface area contributed by atoms with Crippen LogP contribution in [0.3, 0.4) is 0 Å². The Bertz CT molecular complexity index is 873. The fraction of sp³-hybridized carbons (Fsp3) is 0.0714. The molecular formula is C14H8F3N3OS. The Kier molecular flexibility index (Phi) is 3.32. The van der Waals surface area contributed by atoms with Crippen molar-refractivity contribution in [3.63, 3.8) is 0 Å². The molecule has 1 amide bonds. The van der Waals surface area contributed by atoms with Crippen LogP contribution in [-0.4, -0.2) is 15.9 Å². The van der Waals surface area contributed by atoms with Crippen LogP contribution < -0.4 is 5.73 Å². The van der Waals surface area contributed by atoms with E-state index in [9.17, 15) is 18.0 Å². The first-order valence-corrected chi connectivity index (χ1v) is 6.96. The molecule has 0 saturated carbocycles. The molecule has 0 aliphatic heterocycles. The van der Waals surface area contributed by atoms with Crippen LogP contribution in [0, 0.1) is 0 Å². The van der Waals surface area contributed by atoms with Crippen molar-refractivity contribution in [2.24, 2.45) is 5.73 Å². The number of fused-ring (bicyclic) bond motifs is 1. The molecule has 0 fully saturated rings. The Morgan fingerprint density at radius 1 is 1.18 bits per heavy atom. The standard InChI is InChI=1S/C14H8F3N3OS/c15-14(16,17)11-4-2-8(13(18)21)12(20-11)7-1-3-10-9(5-7)19-6-22-10/h1-6H,(H2,18,21). The largest absolute Gasteiger partial charge is 0.433 e. The molecule has 0 radical (unpaired) electrons. The number of alkyl halides is 3. The minimum atomic E-state index is -4.60. The Labute approximate surface area is 126 Å². The van der Waals surface area contributed by atoms with Crippen molar-refractivity contribution >= 4 is 27.5 Å². The minimum Gasteiger partial charge on any atom is -0.366 e. The Balaban J connectivity index is 2.23. The molecule has 2 N–H and O–H groups in total. The first-order valence-electron chi connectivity index (χ1n) is 6.08. The van der Waals surface area contributed by atoms with E-state index in [2.05, 4.69) is 9.97 Å². The Hall–Kier alpha value is -2.48. The van der Waals surface area contributed by atoms with Gasteiger partial charge in [0.2, 0.25) is 0 Å². The summed E-state index contributed by atoms with van der Waals surface area (Å²) in [6.45, 7) is 0. The van der Waals surface area contributed by atoms with Gasteiger partial charge in [-0.3, -0.25) is 4.79 Å². The Morgan fingerprint density at radius 2 is 1.95 bits per heavy atom. The molecule has 0 bridgehead atoms. The molecule has 1 aromatic carbocycles. The molecule has 22 heavy (non-hydrogen) atoms. The van der Waals surface area contributed by atoms with Gasteiger partial charge in [0.1, 0.15) is 5.69 Å². The lowest BCUT2D eigenvalue weighted by atomic mass is 10.0. The van der Waals surface area contributed by atoms with E-state index in [1.165, 1.54) is 11.3 Å². The summed E-state index contributed by atoms with van der Waals surface area (Å²) < 4.78 is 39.4. The van der Waals surface area contributed by atoms with Gasteiger partial charge in [0.15, 0.2) is 0 Å². The lowest BCUT2D eigenvalue weighted by Crippen LogP contribution is -2.16. The molecule has 0 spiro atoms. The smallest absolute Gasteiger partial charge is 0.366 e. The van der Waals surface area contributed by atoms with Gasteiger partial charge in [-0.2, -0.15) is 13.2 Å². The molecule has 8 heteroatoms. The first kappa shape index (κ1) is 14.5. The number of benzene rings is 1. The molecule has 3 aromatic rings. The quantitative estimate of drug-likeness (QED) is 0.785. The van der Waals surface area contributed by atoms with Crippen LogP contribution in [0.1, 0.15) is 16.1 Å². The van der Waals surface area contributed by atoms with E-state index < -0.39 is 17.8 Å². The number of carbonyl (C=O) groups excluding carboxylic acids is 1. The predicted molar refractivity (Wildman–Crippen MR) is 76.4 cm³/mol. The second kappa shape index (κ2) is 5.06. The van der Waals surface area contributed by atoms with Gasteiger partial charge in [-0.1, -0.05) is 6.07 Å². The van der Waals surface area contributed by atoms with Gasteiger partial charge in [0, 0.05) is 5.56 Å². The van der Waals surface area contributed by atoms with E-state index in [1.54, 1.807) is 23.7 Å². The van der Waals surface area contributed by atoms with Crippen LogP contribution in [0.4, 0.5) is 13.2 Å². The highest BCUT2D eigenvalue weighted by atomic mass is 32.1. The number of carbonyl (C=O) groups is 1. The molecule has 2 heterocycles. The molecule has 0 unspecified atom stereocenters. The van der Waals surface area contributed by atoms with Crippen LogP contribution in [0.25, 0.3) is 21.5 Å². The third-order valence-electron chi connectivity index (χ3n) is 3.05. The summed E-state index contributed by atoms with van der Waals surface area (Å²) in [5.41, 5.74) is 6.60. The summed E-state index contributed by atoms with van der Waals surface area (Å²) in [5, 5.41) is 0. The number of halogens is 3. The molecule has 0 aliphatic carbocycles. The average Bonchev–Trinajstić information content (AvgIpc) is 2.92. The summed E-state index contributed by atoms with van der Waals surface area (Å²) in [6, 6.07) is 6.68. The molecule has 0 saturated heterocycles. The van der Waals surface area contributed by atoms with Crippen molar-refractivity contribution in [1.29, 1.82) is 0 Å². The maximum atomic E-state index is 12.8. The third-order valence-corrected chi connectivity index (χ3v) is 3.86. The van der Waals surface area contributed by atoms with E-state index in [-0.39, 0.29) is 11.3 Å². The fourth-order valence-electron chi connectivity index (χ4n) is 2.04. The number of pyridine rings is 1. The number of nitrogens with two attached hydrogens (primary N) is 1. The second-order valence-corrected chi connectivity index (χ2v) is 5.38. The van der Waals surface area contributed by atoms with Crippen LogP contribution in [-0.2, 0) is 6.18 Å². The number of hydrogen-bond acceptors (Lipinski definition) is 4. The van der Waals surface area contributed by atoms with Gasteiger partial charge < -0.3 is 5.73 Å². The molecule has 0 aliphatic rings. The zero-order valence-corrected chi connectivity index (χ0v) is 11.7. The highest BCUT2D eigenvalue weighted by molar-refractivity contribution is 7.16. The number of primary amides is 1. The number of hydrogen-bond donors (Lipinski definition) is 1. The topological polar surface area (TPSA) is 68.9 Å². The molecule has 0 atom stereocenters. The van der Waals surface area contributed by atoms with Gasteiger partial charge in [0.05, 0.1) is 27.0 Å². The van der Waals surface area contributed by atoms with Crippen LogP contribution >= 0.6 is 11.3 Å².